The molecule has 3 aromatic carbocycles. The Kier molecular flexibility index (Phi) is 7.94. The number of thioether (sulfide) groups is 1. The molecule has 0 bridgehead atoms. The third-order valence-electron chi connectivity index (χ3n) is 5.38. The van der Waals surface area contributed by atoms with Crippen molar-refractivity contribution in [1.82, 2.24) is 14.8 Å². The molecule has 0 radical (unpaired) electrons. The third-order valence-corrected chi connectivity index (χ3v) is 6.58. The van der Waals surface area contributed by atoms with Crippen molar-refractivity contribution in [3.05, 3.63) is 83.7 Å². The van der Waals surface area contributed by atoms with E-state index in [0.29, 0.717) is 34.0 Å². The van der Waals surface area contributed by atoms with Crippen LogP contribution < -0.4 is 14.8 Å². The molecule has 0 fully saturated rings. The lowest BCUT2D eigenvalue weighted by molar-refractivity contribution is -0.113. The number of amides is 1. The molecular weight excluding hydrogens is 484 g/mol. The predicted molar refractivity (Wildman–Crippen MR) is 141 cm³/mol. The zero-order valence-electron chi connectivity index (χ0n) is 19.5. The molecule has 9 heteroatoms. The number of anilines is 1. The van der Waals surface area contributed by atoms with E-state index >= 15 is 0 Å². The number of fused-ring (bicyclic) bond motifs is 1. The van der Waals surface area contributed by atoms with Crippen molar-refractivity contribution in [1.29, 1.82) is 0 Å². The summed E-state index contributed by atoms with van der Waals surface area (Å²) in [6, 6.07) is 17.3. The quantitative estimate of drug-likeness (QED) is 0.212. The Balaban J connectivity index is 1.43. The van der Waals surface area contributed by atoms with Crippen LogP contribution in [-0.2, 0) is 17.9 Å². The van der Waals surface area contributed by atoms with Crippen LogP contribution in [0.3, 0.4) is 0 Å². The molecule has 1 heterocycles. The van der Waals surface area contributed by atoms with Gasteiger partial charge in [0.05, 0.1) is 18.6 Å². The zero-order chi connectivity index (χ0) is 24.8. The maximum atomic E-state index is 12.6. The Morgan fingerprint density at radius 1 is 1.17 bits per heavy atom. The summed E-state index contributed by atoms with van der Waals surface area (Å²) < 4.78 is 13.3. The highest BCUT2D eigenvalue weighted by molar-refractivity contribution is 7.99. The molecule has 1 amide bonds. The molecule has 1 aromatic heterocycles. The van der Waals surface area contributed by atoms with E-state index < -0.39 is 0 Å². The first-order valence-corrected chi connectivity index (χ1v) is 12.3. The van der Waals surface area contributed by atoms with Crippen molar-refractivity contribution in [2.75, 3.05) is 18.2 Å². The van der Waals surface area contributed by atoms with Gasteiger partial charge >= 0.3 is 0 Å². The van der Waals surface area contributed by atoms with Gasteiger partial charge in [-0.15, -0.1) is 16.8 Å². The monoisotopic (exact) mass is 508 g/mol. The number of nitrogens with one attached hydrogen (secondary N) is 1. The standard InChI is InChI=1S/C26H25ClN4O3S/c1-4-13-31-24(15-34-22-11-9-18-7-5-6-8-20(18)17(22)2)29-30-26(31)35-16-25(32)28-21-14-19(27)10-12-23(21)33-3/h4-12,14H,1,13,15-16H2,2-3H3,(H,28,32). The number of carbonyl (C=O) groups is 1. The smallest absolute Gasteiger partial charge is 0.234 e. The van der Waals surface area contributed by atoms with Gasteiger partial charge in [0.1, 0.15) is 18.1 Å². The molecule has 1 N–H and O–H groups in total. The fourth-order valence-electron chi connectivity index (χ4n) is 3.64. The molecular formula is C26H25ClN4O3S. The largest absolute Gasteiger partial charge is 0.495 e. The molecule has 0 aliphatic carbocycles. The van der Waals surface area contributed by atoms with Crippen LogP contribution in [0.25, 0.3) is 10.8 Å². The minimum Gasteiger partial charge on any atom is -0.495 e. The SMILES string of the molecule is C=CCn1c(COc2ccc3ccccc3c2C)nnc1SCC(=O)Nc1cc(Cl)ccc1OC. The lowest BCUT2D eigenvalue weighted by Gasteiger charge is -2.12. The maximum absolute atomic E-state index is 12.6. The number of ether oxygens (including phenoxy) is 2. The summed E-state index contributed by atoms with van der Waals surface area (Å²) in [5.41, 5.74) is 1.58. The number of methoxy groups -OCH3 is 1. The number of nitrogens with zero attached hydrogens (tertiary/aromatic N) is 3. The first-order chi connectivity index (χ1) is 17.0. The average molecular weight is 509 g/mol. The topological polar surface area (TPSA) is 78.3 Å². The summed E-state index contributed by atoms with van der Waals surface area (Å²) >= 11 is 7.33. The van der Waals surface area contributed by atoms with Crippen LogP contribution >= 0.6 is 23.4 Å². The van der Waals surface area contributed by atoms with Crippen LogP contribution in [0.5, 0.6) is 11.5 Å². The average Bonchev–Trinajstić information content (AvgIpc) is 3.24. The van der Waals surface area contributed by atoms with Crippen LogP contribution in [-0.4, -0.2) is 33.5 Å². The Hall–Kier alpha value is -3.49. The van der Waals surface area contributed by atoms with Gasteiger partial charge in [0.25, 0.3) is 0 Å². The Morgan fingerprint density at radius 3 is 2.77 bits per heavy atom. The minimum absolute atomic E-state index is 0.135. The van der Waals surface area contributed by atoms with Gasteiger partial charge in [-0.25, -0.2) is 0 Å². The van der Waals surface area contributed by atoms with Gasteiger partial charge in [0.2, 0.25) is 5.91 Å². The summed E-state index contributed by atoms with van der Waals surface area (Å²) in [4.78, 5) is 12.6. The number of aryl methyl sites for hydroxylation is 1. The van der Waals surface area contributed by atoms with Crippen molar-refractivity contribution in [2.45, 2.75) is 25.2 Å². The molecule has 0 saturated heterocycles. The zero-order valence-corrected chi connectivity index (χ0v) is 21.0. The minimum atomic E-state index is -0.215. The van der Waals surface area contributed by atoms with Crippen molar-refractivity contribution < 1.29 is 14.3 Å². The van der Waals surface area contributed by atoms with Crippen molar-refractivity contribution in [3.8, 4) is 11.5 Å². The van der Waals surface area contributed by atoms with E-state index in [1.54, 1.807) is 24.3 Å². The molecule has 0 atom stereocenters. The number of hydrogen-bond donors (Lipinski definition) is 1. The van der Waals surface area contributed by atoms with E-state index in [-0.39, 0.29) is 18.3 Å². The molecule has 7 nitrogen and oxygen atoms in total. The highest BCUT2D eigenvalue weighted by Gasteiger charge is 2.16. The van der Waals surface area contributed by atoms with Gasteiger partial charge in [-0.3, -0.25) is 9.36 Å². The maximum Gasteiger partial charge on any atom is 0.234 e. The Labute approximate surface area is 213 Å². The molecule has 0 aliphatic rings. The molecule has 180 valence electrons. The molecule has 0 aliphatic heterocycles. The first-order valence-electron chi connectivity index (χ1n) is 10.9. The normalized spacial score (nSPS) is 10.8. The highest BCUT2D eigenvalue weighted by Crippen LogP contribution is 2.29. The van der Waals surface area contributed by atoms with Crippen LogP contribution in [0.4, 0.5) is 5.69 Å². The fourth-order valence-corrected chi connectivity index (χ4v) is 4.58. The second-order valence-corrected chi connectivity index (χ2v) is 9.06. The Bertz CT molecular complexity index is 1370. The van der Waals surface area contributed by atoms with Gasteiger partial charge in [-0.2, -0.15) is 0 Å². The van der Waals surface area contributed by atoms with Crippen molar-refractivity contribution >= 4 is 45.7 Å². The molecule has 4 aromatic rings. The lowest BCUT2D eigenvalue weighted by Crippen LogP contribution is -2.15. The van der Waals surface area contributed by atoms with E-state index in [1.165, 1.54) is 24.3 Å². The predicted octanol–water partition coefficient (Wildman–Crippen LogP) is 5.90. The summed E-state index contributed by atoms with van der Waals surface area (Å²) in [7, 11) is 1.54. The van der Waals surface area contributed by atoms with E-state index in [4.69, 9.17) is 21.1 Å². The van der Waals surface area contributed by atoms with Gasteiger partial charge in [-0.05, 0) is 47.5 Å². The number of allylic oxidation sites excluding steroid dienone is 1. The number of hydrogen-bond acceptors (Lipinski definition) is 6. The number of carbonyl (C=O) groups excluding carboxylic acids is 1. The third kappa shape index (κ3) is 5.78. The fraction of sp³-hybridized carbons (Fsp3) is 0.192. The number of rotatable bonds is 10. The first kappa shape index (κ1) is 24.6. The van der Waals surface area contributed by atoms with Crippen LogP contribution in [0.15, 0.2) is 72.4 Å². The van der Waals surface area contributed by atoms with Gasteiger partial charge in [0.15, 0.2) is 11.0 Å². The van der Waals surface area contributed by atoms with Crippen LogP contribution in [0.1, 0.15) is 11.4 Å². The number of aromatic nitrogens is 3. The second-order valence-electron chi connectivity index (χ2n) is 7.68. The summed E-state index contributed by atoms with van der Waals surface area (Å²) in [5, 5.41) is 14.8. The van der Waals surface area contributed by atoms with E-state index in [1.807, 2.05) is 35.8 Å². The summed E-state index contributed by atoms with van der Waals surface area (Å²) in [6.07, 6.45) is 1.76. The van der Waals surface area contributed by atoms with Gasteiger partial charge in [-0.1, -0.05) is 59.8 Å². The van der Waals surface area contributed by atoms with Crippen molar-refractivity contribution in [2.24, 2.45) is 0 Å². The molecule has 0 spiro atoms. The highest BCUT2D eigenvalue weighted by atomic mass is 35.5. The molecule has 4 rings (SSSR count). The summed E-state index contributed by atoms with van der Waals surface area (Å²) in [6.45, 7) is 6.61. The van der Waals surface area contributed by atoms with Crippen LogP contribution in [0, 0.1) is 6.92 Å². The summed E-state index contributed by atoms with van der Waals surface area (Å²) in [5.74, 6) is 1.90. The second kappa shape index (κ2) is 11.3. The van der Waals surface area contributed by atoms with Gasteiger partial charge < -0.3 is 14.8 Å². The van der Waals surface area contributed by atoms with E-state index in [9.17, 15) is 4.79 Å². The van der Waals surface area contributed by atoms with Crippen LogP contribution in [0.2, 0.25) is 5.02 Å². The lowest BCUT2D eigenvalue weighted by atomic mass is 10.0. The molecule has 35 heavy (non-hydrogen) atoms. The molecule has 0 saturated carbocycles. The van der Waals surface area contributed by atoms with Gasteiger partial charge in [0, 0.05) is 11.6 Å². The van der Waals surface area contributed by atoms with E-state index in [0.717, 1.165) is 16.7 Å². The molecule has 0 unspecified atom stereocenters. The Morgan fingerprint density at radius 2 is 1.97 bits per heavy atom. The number of halogens is 1. The van der Waals surface area contributed by atoms with E-state index in [2.05, 4.69) is 34.2 Å². The number of benzene rings is 3. The van der Waals surface area contributed by atoms with Crippen molar-refractivity contribution in [3.63, 3.8) is 0 Å².